The van der Waals surface area contributed by atoms with Crippen LogP contribution in [0.1, 0.15) is 65.2 Å². The van der Waals surface area contributed by atoms with Crippen molar-refractivity contribution in [1.29, 1.82) is 0 Å². The van der Waals surface area contributed by atoms with E-state index >= 15 is 0 Å². The molecule has 0 spiro atoms. The lowest BCUT2D eigenvalue weighted by Gasteiger charge is -2.30. The smallest absolute Gasteiger partial charge is 0.0829 e. The van der Waals surface area contributed by atoms with Gasteiger partial charge in [0.05, 0.1) is 12.2 Å². The molecule has 2 nitrogen and oxygen atoms in total. The van der Waals surface area contributed by atoms with Gasteiger partial charge in [-0.15, -0.1) is 0 Å². The maximum atomic E-state index is 10.3. The van der Waals surface area contributed by atoms with Crippen molar-refractivity contribution in [2.45, 2.75) is 77.4 Å². The van der Waals surface area contributed by atoms with Crippen molar-refractivity contribution >= 4 is 0 Å². The summed E-state index contributed by atoms with van der Waals surface area (Å²) in [5.41, 5.74) is 0. The van der Waals surface area contributed by atoms with Crippen LogP contribution in [0.4, 0.5) is 0 Å². The predicted molar refractivity (Wildman–Crippen MR) is 67.3 cm³/mol. The maximum Gasteiger partial charge on any atom is 0.0829 e. The molecule has 0 heterocycles. The van der Waals surface area contributed by atoms with Gasteiger partial charge in [0.25, 0.3) is 0 Å². The monoisotopic (exact) mass is 228 g/mol. The van der Waals surface area contributed by atoms with Crippen molar-refractivity contribution < 1.29 is 10.2 Å². The highest BCUT2D eigenvalue weighted by atomic mass is 16.3. The molecule has 1 aliphatic rings. The standard InChI is InChI=1S/C14H28O2/c1-3-11(4-2)13(15)14(16)12-9-7-5-6-8-10-12/h11-16H,3-10H2,1-2H3. The first-order valence-electron chi connectivity index (χ1n) is 7.06. The van der Waals surface area contributed by atoms with E-state index in [-0.39, 0.29) is 5.92 Å². The van der Waals surface area contributed by atoms with E-state index in [1.54, 1.807) is 0 Å². The zero-order chi connectivity index (χ0) is 12.0. The van der Waals surface area contributed by atoms with Crippen LogP contribution < -0.4 is 0 Å². The zero-order valence-corrected chi connectivity index (χ0v) is 10.9. The number of hydrogen-bond donors (Lipinski definition) is 2. The molecule has 0 saturated heterocycles. The molecule has 96 valence electrons. The van der Waals surface area contributed by atoms with Crippen LogP contribution in [0.3, 0.4) is 0 Å². The molecule has 1 saturated carbocycles. The van der Waals surface area contributed by atoms with E-state index in [0.29, 0.717) is 5.92 Å². The highest BCUT2D eigenvalue weighted by Crippen LogP contribution is 2.29. The Balaban J connectivity index is 2.49. The van der Waals surface area contributed by atoms with Crippen LogP contribution in [-0.4, -0.2) is 22.4 Å². The summed E-state index contributed by atoms with van der Waals surface area (Å²) in [5, 5.41) is 20.4. The van der Waals surface area contributed by atoms with Gasteiger partial charge in [-0.25, -0.2) is 0 Å². The van der Waals surface area contributed by atoms with Gasteiger partial charge in [0.1, 0.15) is 0 Å². The third-order valence-corrected chi connectivity index (χ3v) is 4.26. The number of aliphatic hydroxyl groups excluding tert-OH is 2. The first-order chi connectivity index (χ1) is 7.70. The maximum absolute atomic E-state index is 10.3. The average Bonchev–Trinajstić information content (AvgIpc) is 2.58. The van der Waals surface area contributed by atoms with E-state index in [9.17, 15) is 10.2 Å². The average molecular weight is 228 g/mol. The highest BCUT2D eigenvalue weighted by Gasteiger charge is 2.30. The topological polar surface area (TPSA) is 40.5 Å². The molecule has 2 N–H and O–H groups in total. The summed E-state index contributed by atoms with van der Waals surface area (Å²) in [6, 6.07) is 0. The van der Waals surface area contributed by atoms with Gasteiger partial charge in [-0.05, 0) is 24.7 Å². The second kappa shape index (κ2) is 7.29. The van der Waals surface area contributed by atoms with Crippen molar-refractivity contribution in [2.75, 3.05) is 0 Å². The Morgan fingerprint density at radius 2 is 1.44 bits per heavy atom. The molecule has 1 aliphatic carbocycles. The molecule has 2 heteroatoms. The second-order valence-corrected chi connectivity index (χ2v) is 5.31. The lowest BCUT2D eigenvalue weighted by Crippen LogP contribution is -2.38. The number of aliphatic hydroxyl groups is 2. The molecule has 16 heavy (non-hydrogen) atoms. The SMILES string of the molecule is CCC(CC)C(O)C(O)C1CCCCCC1. The molecule has 0 amide bonds. The minimum absolute atomic E-state index is 0.262. The van der Waals surface area contributed by atoms with Gasteiger partial charge in [0.15, 0.2) is 0 Å². The molecular weight excluding hydrogens is 200 g/mol. The van der Waals surface area contributed by atoms with Crippen LogP contribution >= 0.6 is 0 Å². The zero-order valence-electron chi connectivity index (χ0n) is 10.9. The Morgan fingerprint density at radius 3 is 1.88 bits per heavy atom. The lowest BCUT2D eigenvalue weighted by atomic mass is 9.83. The van der Waals surface area contributed by atoms with Crippen molar-refractivity contribution in [1.82, 2.24) is 0 Å². The Bertz CT molecular complexity index is 168. The summed E-state index contributed by atoms with van der Waals surface area (Å²) in [7, 11) is 0. The molecule has 0 aromatic carbocycles. The van der Waals surface area contributed by atoms with E-state index in [4.69, 9.17) is 0 Å². The third kappa shape index (κ3) is 3.74. The van der Waals surface area contributed by atoms with Crippen LogP contribution in [0.5, 0.6) is 0 Å². The third-order valence-electron chi connectivity index (χ3n) is 4.26. The highest BCUT2D eigenvalue weighted by molar-refractivity contribution is 4.81. The normalized spacial score (nSPS) is 23.1. The molecule has 1 fully saturated rings. The van der Waals surface area contributed by atoms with Crippen LogP contribution in [0.15, 0.2) is 0 Å². The van der Waals surface area contributed by atoms with Gasteiger partial charge in [-0.2, -0.15) is 0 Å². The summed E-state index contributed by atoms with van der Waals surface area (Å²) in [5.74, 6) is 0.594. The Kier molecular flexibility index (Phi) is 6.37. The van der Waals surface area contributed by atoms with Crippen LogP contribution in [0, 0.1) is 11.8 Å². The fourth-order valence-corrected chi connectivity index (χ4v) is 2.98. The predicted octanol–water partition coefficient (Wildman–Crippen LogP) is 3.11. The molecular formula is C14H28O2. The van der Waals surface area contributed by atoms with Gasteiger partial charge in [0, 0.05) is 0 Å². The van der Waals surface area contributed by atoms with Crippen molar-refractivity contribution in [3.05, 3.63) is 0 Å². The Hall–Kier alpha value is -0.0800. The first kappa shape index (κ1) is 14.0. The summed E-state index contributed by atoms with van der Waals surface area (Å²) >= 11 is 0. The fraction of sp³-hybridized carbons (Fsp3) is 1.00. The van der Waals surface area contributed by atoms with Gasteiger partial charge in [-0.3, -0.25) is 0 Å². The number of hydrogen-bond acceptors (Lipinski definition) is 2. The summed E-state index contributed by atoms with van der Waals surface area (Å²) < 4.78 is 0. The molecule has 0 aromatic heterocycles. The van der Waals surface area contributed by atoms with E-state index < -0.39 is 12.2 Å². The van der Waals surface area contributed by atoms with E-state index in [0.717, 1.165) is 25.7 Å². The van der Waals surface area contributed by atoms with Gasteiger partial charge >= 0.3 is 0 Å². The van der Waals surface area contributed by atoms with Crippen molar-refractivity contribution in [3.63, 3.8) is 0 Å². The molecule has 1 rings (SSSR count). The van der Waals surface area contributed by atoms with Crippen LogP contribution in [0.25, 0.3) is 0 Å². The molecule has 0 bridgehead atoms. The van der Waals surface area contributed by atoms with Crippen LogP contribution in [0.2, 0.25) is 0 Å². The number of rotatable bonds is 5. The van der Waals surface area contributed by atoms with Gasteiger partial charge in [-0.1, -0.05) is 52.4 Å². The minimum Gasteiger partial charge on any atom is -0.390 e. The van der Waals surface area contributed by atoms with Gasteiger partial charge in [0.2, 0.25) is 0 Å². The lowest BCUT2D eigenvalue weighted by molar-refractivity contribution is -0.0525. The van der Waals surface area contributed by atoms with E-state index in [2.05, 4.69) is 13.8 Å². The molecule has 0 aliphatic heterocycles. The quantitative estimate of drug-likeness (QED) is 0.710. The van der Waals surface area contributed by atoms with E-state index in [1.807, 2.05) is 0 Å². The molecule has 2 atom stereocenters. The van der Waals surface area contributed by atoms with Gasteiger partial charge < -0.3 is 10.2 Å². The Labute approximate surface area is 100 Å². The molecule has 0 radical (unpaired) electrons. The van der Waals surface area contributed by atoms with Crippen molar-refractivity contribution in [2.24, 2.45) is 11.8 Å². The summed E-state index contributed by atoms with van der Waals surface area (Å²) in [4.78, 5) is 0. The molecule has 0 aromatic rings. The largest absolute Gasteiger partial charge is 0.390 e. The second-order valence-electron chi connectivity index (χ2n) is 5.31. The van der Waals surface area contributed by atoms with E-state index in [1.165, 1.54) is 25.7 Å². The van der Waals surface area contributed by atoms with Crippen molar-refractivity contribution in [3.8, 4) is 0 Å². The Morgan fingerprint density at radius 1 is 0.938 bits per heavy atom. The fourth-order valence-electron chi connectivity index (χ4n) is 2.98. The summed E-state index contributed by atoms with van der Waals surface area (Å²) in [6.45, 7) is 4.19. The first-order valence-corrected chi connectivity index (χ1v) is 7.06. The minimum atomic E-state index is -0.516. The molecule has 2 unspecified atom stereocenters. The summed E-state index contributed by atoms with van der Waals surface area (Å²) in [6.07, 6.45) is 8.13. The van der Waals surface area contributed by atoms with Crippen LogP contribution in [-0.2, 0) is 0 Å².